The zero-order valence-electron chi connectivity index (χ0n) is 17.5. The maximum absolute atomic E-state index is 13.1. The van der Waals surface area contributed by atoms with Crippen LogP contribution in [0.3, 0.4) is 0 Å². The lowest BCUT2D eigenvalue weighted by Gasteiger charge is -2.17. The van der Waals surface area contributed by atoms with Gasteiger partial charge in [0.05, 0.1) is 21.6 Å². The van der Waals surface area contributed by atoms with Gasteiger partial charge in [0.1, 0.15) is 0 Å². The van der Waals surface area contributed by atoms with E-state index in [9.17, 15) is 9.59 Å². The first kappa shape index (κ1) is 20.2. The first-order valence-electron chi connectivity index (χ1n) is 9.86. The van der Waals surface area contributed by atoms with Crippen molar-refractivity contribution in [1.82, 2.24) is 14.0 Å². The summed E-state index contributed by atoms with van der Waals surface area (Å²) in [6, 6.07) is 15.5. The minimum atomic E-state index is -0.0680. The number of aliphatic imine (C=N–C) groups is 1. The molecule has 4 rings (SSSR count). The Balaban J connectivity index is 1.73. The van der Waals surface area contributed by atoms with Crippen molar-refractivity contribution in [3.8, 4) is 0 Å². The van der Waals surface area contributed by atoms with Crippen molar-refractivity contribution < 1.29 is 4.79 Å². The molecule has 0 aliphatic carbocycles. The molecule has 0 N–H and O–H groups in total. The van der Waals surface area contributed by atoms with Gasteiger partial charge in [-0.1, -0.05) is 38.1 Å². The highest BCUT2D eigenvalue weighted by Crippen LogP contribution is 2.35. The highest BCUT2D eigenvalue weighted by atomic mass is 32.2. The number of nitrogens with zero attached hydrogens (tertiary/aromatic N) is 4. The number of carbonyl (C=O) groups is 1. The van der Waals surface area contributed by atoms with Gasteiger partial charge in [-0.15, -0.1) is 0 Å². The quantitative estimate of drug-likeness (QED) is 0.596. The summed E-state index contributed by atoms with van der Waals surface area (Å²) >= 11 is 1.39. The highest BCUT2D eigenvalue weighted by Gasteiger charge is 2.33. The van der Waals surface area contributed by atoms with Crippen LogP contribution in [0, 0.1) is 5.92 Å². The van der Waals surface area contributed by atoms with Gasteiger partial charge in [0.25, 0.3) is 5.91 Å². The Bertz CT molecular complexity index is 1240. The molecule has 1 aromatic heterocycles. The number of para-hydroxylation sites is 1. The van der Waals surface area contributed by atoms with Crippen molar-refractivity contribution in [2.24, 2.45) is 25.0 Å². The molecule has 2 aromatic carbocycles. The third-order valence-electron chi connectivity index (χ3n) is 5.01. The van der Waals surface area contributed by atoms with Crippen LogP contribution in [0.1, 0.15) is 19.4 Å². The Morgan fingerprint density at radius 2 is 1.70 bits per heavy atom. The Morgan fingerprint density at radius 3 is 2.40 bits per heavy atom. The lowest BCUT2D eigenvalue weighted by atomic mass is 10.1. The van der Waals surface area contributed by atoms with Crippen LogP contribution >= 0.6 is 11.8 Å². The van der Waals surface area contributed by atoms with Crippen molar-refractivity contribution in [2.45, 2.75) is 13.8 Å². The number of rotatable bonds is 4. The number of imidazole rings is 1. The fourth-order valence-electron chi connectivity index (χ4n) is 3.50. The van der Waals surface area contributed by atoms with E-state index in [0.717, 1.165) is 22.3 Å². The summed E-state index contributed by atoms with van der Waals surface area (Å²) in [4.78, 5) is 32.4. The molecule has 1 fully saturated rings. The van der Waals surface area contributed by atoms with Gasteiger partial charge in [0.15, 0.2) is 5.17 Å². The molecule has 30 heavy (non-hydrogen) atoms. The Kier molecular flexibility index (Phi) is 5.39. The number of aryl methyl sites for hydroxylation is 2. The third kappa shape index (κ3) is 3.73. The molecular weight excluding hydrogens is 396 g/mol. The lowest BCUT2D eigenvalue weighted by Crippen LogP contribution is -2.32. The summed E-state index contributed by atoms with van der Waals surface area (Å²) in [7, 11) is 3.52. The fraction of sp³-hybridized carbons (Fsp3) is 0.261. The van der Waals surface area contributed by atoms with E-state index in [1.165, 1.54) is 11.8 Å². The zero-order valence-corrected chi connectivity index (χ0v) is 18.3. The maximum atomic E-state index is 13.1. The van der Waals surface area contributed by atoms with E-state index in [1.807, 2.05) is 54.6 Å². The van der Waals surface area contributed by atoms with Crippen molar-refractivity contribution >= 4 is 45.6 Å². The van der Waals surface area contributed by atoms with Crippen LogP contribution in [0.2, 0.25) is 0 Å². The summed E-state index contributed by atoms with van der Waals surface area (Å²) in [5.74, 6) is 0.287. The fourth-order valence-corrected chi connectivity index (χ4v) is 4.50. The van der Waals surface area contributed by atoms with Crippen LogP contribution < -0.4 is 5.69 Å². The largest absolute Gasteiger partial charge is 0.328 e. The summed E-state index contributed by atoms with van der Waals surface area (Å²) in [6.45, 7) is 4.79. The molecule has 154 valence electrons. The monoisotopic (exact) mass is 420 g/mol. The summed E-state index contributed by atoms with van der Waals surface area (Å²) in [5.41, 5.74) is 3.34. The minimum absolute atomic E-state index is 0.0366. The highest BCUT2D eigenvalue weighted by molar-refractivity contribution is 8.18. The number of benzene rings is 2. The van der Waals surface area contributed by atoms with Crippen LogP contribution in [-0.4, -0.2) is 31.7 Å². The normalized spacial score (nSPS) is 17.2. The number of fused-ring (bicyclic) bond motifs is 1. The topological polar surface area (TPSA) is 59.6 Å². The molecule has 2 heterocycles. The summed E-state index contributed by atoms with van der Waals surface area (Å²) in [6.07, 6.45) is 1.88. The molecule has 0 bridgehead atoms. The number of thioether (sulfide) groups is 1. The van der Waals surface area contributed by atoms with E-state index in [2.05, 4.69) is 13.8 Å². The van der Waals surface area contributed by atoms with Gasteiger partial charge in [-0.25, -0.2) is 9.79 Å². The molecule has 7 heteroatoms. The molecule has 1 aliphatic heterocycles. The van der Waals surface area contributed by atoms with E-state index in [1.54, 1.807) is 28.1 Å². The minimum Gasteiger partial charge on any atom is -0.295 e. The molecular formula is C23H24N4O2S. The van der Waals surface area contributed by atoms with Gasteiger partial charge >= 0.3 is 5.69 Å². The molecule has 3 aromatic rings. The Labute approximate surface area is 179 Å². The van der Waals surface area contributed by atoms with Gasteiger partial charge in [-0.05, 0) is 53.6 Å². The van der Waals surface area contributed by atoms with Gasteiger partial charge in [0.2, 0.25) is 0 Å². The number of hydrogen-bond donors (Lipinski definition) is 0. The molecule has 0 radical (unpaired) electrons. The molecule has 6 nitrogen and oxygen atoms in total. The second-order valence-corrected chi connectivity index (χ2v) is 8.81. The van der Waals surface area contributed by atoms with Crippen molar-refractivity contribution in [3.05, 3.63) is 69.5 Å². The number of amidine groups is 1. The number of carbonyl (C=O) groups excluding carboxylic acids is 1. The van der Waals surface area contributed by atoms with E-state index in [0.29, 0.717) is 22.5 Å². The van der Waals surface area contributed by atoms with E-state index in [4.69, 9.17) is 4.99 Å². The summed E-state index contributed by atoms with van der Waals surface area (Å²) < 4.78 is 3.24. The van der Waals surface area contributed by atoms with Crippen LogP contribution in [0.4, 0.5) is 5.69 Å². The first-order valence-corrected chi connectivity index (χ1v) is 10.7. The smallest absolute Gasteiger partial charge is 0.295 e. The van der Waals surface area contributed by atoms with Crippen molar-refractivity contribution in [2.75, 3.05) is 6.54 Å². The van der Waals surface area contributed by atoms with Crippen LogP contribution in [-0.2, 0) is 18.9 Å². The van der Waals surface area contributed by atoms with Crippen LogP contribution in [0.5, 0.6) is 0 Å². The lowest BCUT2D eigenvalue weighted by molar-refractivity contribution is -0.122. The predicted octanol–water partition coefficient (Wildman–Crippen LogP) is 4.14. The summed E-state index contributed by atoms with van der Waals surface area (Å²) in [5, 5.41) is 0.694. The molecule has 0 spiro atoms. The number of hydrogen-bond acceptors (Lipinski definition) is 4. The van der Waals surface area contributed by atoms with Crippen molar-refractivity contribution in [1.29, 1.82) is 0 Å². The number of amides is 1. The average Bonchev–Trinajstić information content (AvgIpc) is 3.12. The second kappa shape index (κ2) is 7.99. The van der Waals surface area contributed by atoms with Crippen LogP contribution in [0.25, 0.3) is 17.1 Å². The third-order valence-corrected chi connectivity index (χ3v) is 6.02. The Hall–Kier alpha value is -3.06. The standard InChI is InChI=1S/C23H24N4O2S/c1-15(2)14-27-21(28)20(30-22(27)24-17-8-6-5-7-9-17)13-16-10-11-18-19(12-16)26(4)23(29)25(18)3/h5-13,15H,14H2,1-4H3/b20-13+,24-22?. The van der Waals surface area contributed by atoms with Crippen molar-refractivity contribution in [3.63, 3.8) is 0 Å². The van der Waals surface area contributed by atoms with Gasteiger partial charge in [-0.2, -0.15) is 0 Å². The maximum Gasteiger partial charge on any atom is 0.328 e. The predicted molar refractivity (Wildman–Crippen MR) is 124 cm³/mol. The SMILES string of the molecule is CC(C)CN1C(=O)/C(=C\c2ccc3c(c2)n(C)c(=O)n3C)SC1=Nc1ccccc1. The van der Waals surface area contributed by atoms with Gasteiger partial charge < -0.3 is 0 Å². The molecule has 0 atom stereocenters. The zero-order chi connectivity index (χ0) is 21.4. The molecule has 1 amide bonds. The van der Waals surface area contributed by atoms with Gasteiger partial charge in [-0.3, -0.25) is 18.8 Å². The van der Waals surface area contributed by atoms with Gasteiger partial charge in [0, 0.05) is 20.6 Å². The number of aromatic nitrogens is 2. The Morgan fingerprint density at radius 1 is 1.00 bits per heavy atom. The average molecular weight is 421 g/mol. The first-order chi connectivity index (χ1) is 14.3. The molecule has 1 aliphatic rings. The molecule has 1 saturated heterocycles. The molecule has 0 saturated carbocycles. The molecule has 0 unspecified atom stereocenters. The van der Waals surface area contributed by atoms with E-state index in [-0.39, 0.29) is 11.6 Å². The van der Waals surface area contributed by atoms with E-state index < -0.39 is 0 Å². The van der Waals surface area contributed by atoms with E-state index >= 15 is 0 Å². The van der Waals surface area contributed by atoms with Crippen LogP contribution in [0.15, 0.2) is 63.2 Å². The second-order valence-electron chi connectivity index (χ2n) is 7.80.